The van der Waals surface area contributed by atoms with E-state index in [1.54, 1.807) is 18.2 Å². The molecule has 0 amide bonds. The van der Waals surface area contributed by atoms with Crippen molar-refractivity contribution in [3.63, 3.8) is 0 Å². The second kappa shape index (κ2) is 10.8. The number of nitrogens with zero attached hydrogens (tertiary/aromatic N) is 2. The van der Waals surface area contributed by atoms with Crippen LogP contribution in [0.3, 0.4) is 0 Å². The smallest absolute Gasteiger partial charge is 0.163 e. The highest BCUT2D eigenvalue weighted by atomic mass is 16.5. The molecule has 2 aromatic carbocycles. The SMILES string of the molecule is CC(=O)c1ccc(Nc2ccc(OCCN3CCOCC3)cc2N)nc1Nc1ccccc1. The van der Waals surface area contributed by atoms with Crippen molar-refractivity contribution in [3.05, 3.63) is 66.2 Å². The number of rotatable bonds is 9. The van der Waals surface area contributed by atoms with Gasteiger partial charge in [0.15, 0.2) is 5.78 Å². The number of ether oxygens (including phenoxy) is 2. The van der Waals surface area contributed by atoms with Gasteiger partial charge in [-0.15, -0.1) is 0 Å². The summed E-state index contributed by atoms with van der Waals surface area (Å²) in [7, 11) is 0. The van der Waals surface area contributed by atoms with E-state index >= 15 is 0 Å². The lowest BCUT2D eigenvalue weighted by Crippen LogP contribution is -2.38. The number of hydrogen-bond acceptors (Lipinski definition) is 8. The summed E-state index contributed by atoms with van der Waals surface area (Å²) in [6.45, 7) is 6.39. The van der Waals surface area contributed by atoms with Crippen molar-refractivity contribution >= 4 is 34.5 Å². The van der Waals surface area contributed by atoms with Crippen LogP contribution in [0, 0.1) is 0 Å². The number of para-hydroxylation sites is 1. The zero-order valence-corrected chi connectivity index (χ0v) is 18.7. The molecule has 33 heavy (non-hydrogen) atoms. The van der Waals surface area contributed by atoms with Crippen LogP contribution in [0.25, 0.3) is 0 Å². The summed E-state index contributed by atoms with van der Waals surface area (Å²) in [5.74, 6) is 1.72. The molecule has 0 saturated carbocycles. The predicted molar refractivity (Wildman–Crippen MR) is 131 cm³/mol. The number of benzene rings is 2. The third kappa shape index (κ3) is 6.21. The van der Waals surface area contributed by atoms with E-state index in [-0.39, 0.29) is 5.78 Å². The minimum atomic E-state index is -0.0643. The Kier molecular flexibility index (Phi) is 7.39. The van der Waals surface area contributed by atoms with Gasteiger partial charge >= 0.3 is 0 Å². The molecule has 0 bridgehead atoms. The monoisotopic (exact) mass is 447 g/mol. The molecule has 0 unspecified atom stereocenters. The largest absolute Gasteiger partial charge is 0.492 e. The van der Waals surface area contributed by atoms with Gasteiger partial charge in [0.05, 0.1) is 30.2 Å². The topological polar surface area (TPSA) is 102 Å². The van der Waals surface area contributed by atoms with Crippen LogP contribution >= 0.6 is 0 Å². The molecule has 0 radical (unpaired) electrons. The molecule has 0 spiro atoms. The first-order valence-electron chi connectivity index (χ1n) is 11.0. The number of aromatic nitrogens is 1. The number of anilines is 5. The van der Waals surface area contributed by atoms with Gasteiger partial charge in [-0.2, -0.15) is 0 Å². The van der Waals surface area contributed by atoms with Crippen LogP contribution < -0.4 is 21.1 Å². The Morgan fingerprint density at radius 2 is 1.88 bits per heavy atom. The van der Waals surface area contributed by atoms with Crippen molar-refractivity contribution in [1.82, 2.24) is 9.88 Å². The van der Waals surface area contributed by atoms with Crippen molar-refractivity contribution < 1.29 is 14.3 Å². The molecule has 1 saturated heterocycles. The first kappa shape index (κ1) is 22.6. The van der Waals surface area contributed by atoms with E-state index in [0.717, 1.165) is 44.3 Å². The van der Waals surface area contributed by atoms with Crippen LogP contribution in [0.1, 0.15) is 17.3 Å². The van der Waals surface area contributed by atoms with E-state index in [1.807, 2.05) is 42.5 Å². The maximum Gasteiger partial charge on any atom is 0.163 e. The van der Waals surface area contributed by atoms with E-state index in [4.69, 9.17) is 15.2 Å². The van der Waals surface area contributed by atoms with Crippen molar-refractivity contribution in [2.24, 2.45) is 0 Å². The summed E-state index contributed by atoms with van der Waals surface area (Å²) < 4.78 is 11.2. The number of pyridine rings is 1. The Morgan fingerprint density at radius 3 is 2.61 bits per heavy atom. The molecule has 0 atom stereocenters. The average Bonchev–Trinajstić information content (AvgIpc) is 2.82. The number of nitrogens with two attached hydrogens (primary N) is 1. The number of nitrogens with one attached hydrogen (secondary N) is 2. The highest BCUT2D eigenvalue weighted by molar-refractivity contribution is 5.99. The Balaban J connectivity index is 1.42. The Labute approximate surface area is 193 Å². The third-order valence-corrected chi connectivity index (χ3v) is 5.38. The van der Waals surface area contributed by atoms with Gasteiger partial charge in [-0.3, -0.25) is 9.69 Å². The number of carbonyl (C=O) groups excluding carboxylic acids is 1. The molecule has 8 heteroatoms. The third-order valence-electron chi connectivity index (χ3n) is 5.38. The zero-order chi connectivity index (χ0) is 23.0. The molecule has 1 fully saturated rings. The normalized spacial score (nSPS) is 14.0. The van der Waals surface area contributed by atoms with Crippen LogP contribution in [-0.2, 0) is 4.74 Å². The van der Waals surface area contributed by atoms with Gasteiger partial charge in [-0.05, 0) is 43.3 Å². The summed E-state index contributed by atoms with van der Waals surface area (Å²) in [5.41, 5.74) is 8.88. The van der Waals surface area contributed by atoms with E-state index < -0.39 is 0 Å². The van der Waals surface area contributed by atoms with Gasteiger partial charge in [0.2, 0.25) is 0 Å². The Bertz CT molecular complexity index is 1080. The Morgan fingerprint density at radius 1 is 1.09 bits per heavy atom. The van der Waals surface area contributed by atoms with Gasteiger partial charge in [0.1, 0.15) is 24.0 Å². The number of Topliss-reactive ketones (excluding diaryl/α,β-unsaturated/α-hetero) is 1. The second-order valence-electron chi connectivity index (χ2n) is 7.82. The van der Waals surface area contributed by atoms with Crippen LogP contribution in [-0.4, -0.2) is 55.1 Å². The zero-order valence-electron chi connectivity index (χ0n) is 18.7. The van der Waals surface area contributed by atoms with Crippen molar-refractivity contribution in [3.8, 4) is 5.75 Å². The van der Waals surface area contributed by atoms with Gasteiger partial charge in [-0.25, -0.2) is 4.98 Å². The molecule has 3 aromatic rings. The fourth-order valence-electron chi connectivity index (χ4n) is 3.57. The molecule has 4 rings (SSSR count). The standard InChI is InChI=1S/C25H29N5O3/c1-18(31)21-8-10-24(29-25(21)27-19-5-3-2-4-6-19)28-23-9-7-20(17-22(23)26)33-16-13-30-11-14-32-15-12-30/h2-10,17H,11-16,26H2,1H3,(H2,27,28,29). The summed E-state index contributed by atoms with van der Waals surface area (Å²) >= 11 is 0. The lowest BCUT2D eigenvalue weighted by Gasteiger charge is -2.26. The summed E-state index contributed by atoms with van der Waals surface area (Å²) in [4.78, 5) is 19.0. The highest BCUT2D eigenvalue weighted by Crippen LogP contribution is 2.28. The van der Waals surface area contributed by atoms with Gasteiger partial charge in [0.25, 0.3) is 0 Å². The molecule has 1 aliphatic rings. The van der Waals surface area contributed by atoms with Crippen molar-refractivity contribution in [2.45, 2.75) is 6.92 Å². The lowest BCUT2D eigenvalue weighted by atomic mass is 10.1. The van der Waals surface area contributed by atoms with Crippen LogP contribution in [0.15, 0.2) is 60.7 Å². The predicted octanol–water partition coefficient (Wildman–Crippen LogP) is 4.06. The van der Waals surface area contributed by atoms with Crippen LogP contribution in [0.4, 0.5) is 28.7 Å². The summed E-state index contributed by atoms with van der Waals surface area (Å²) in [6, 6.07) is 18.7. The van der Waals surface area contributed by atoms with E-state index in [1.165, 1.54) is 6.92 Å². The molecule has 1 aliphatic heterocycles. The number of ketones is 1. The number of carbonyl (C=O) groups is 1. The maximum absolute atomic E-state index is 12.1. The summed E-state index contributed by atoms with van der Waals surface area (Å²) in [6.07, 6.45) is 0. The van der Waals surface area contributed by atoms with Crippen molar-refractivity contribution in [2.75, 3.05) is 55.8 Å². The minimum Gasteiger partial charge on any atom is -0.492 e. The molecule has 0 aliphatic carbocycles. The quantitative estimate of drug-likeness (QED) is 0.333. The van der Waals surface area contributed by atoms with Gasteiger partial charge in [-0.1, -0.05) is 18.2 Å². The fraction of sp³-hybridized carbons (Fsp3) is 0.280. The Hall–Kier alpha value is -3.62. The molecule has 1 aromatic heterocycles. The molecule has 8 nitrogen and oxygen atoms in total. The van der Waals surface area contributed by atoms with Crippen molar-refractivity contribution in [1.29, 1.82) is 0 Å². The van der Waals surface area contributed by atoms with Gasteiger partial charge < -0.3 is 25.8 Å². The lowest BCUT2D eigenvalue weighted by molar-refractivity contribution is 0.0322. The first-order chi connectivity index (χ1) is 16.1. The van der Waals surface area contributed by atoms with Crippen LogP contribution in [0.2, 0.25) is 0 Å². The second-order valence-corrected chi connectivity index (χ2v) is 7.82. The summed E-state index contributed by atoms with van der Waals surface area (Å²) in [5, 5.41) is 6.45. The first-order valence-corrected chi connectivity index (χ1v) is 11.0. The molecule has 172 valence electrons. The molecular formula is C25H29N5O3. The molecule has 4 N–H and O–H groups in total. The number of morpholine rings is 1. The fourth-order valence-corrected chi connectivity index (χ4v) is 3.57. The maximum atomic E-state index is 12.1. The van der Waals surface area contributed by atoms with Crippen LogP contribution in [0.5, 0.6) is 5.75 Å². The van der Waals surface area contributed by atoms with E-state index in [0.29, 0.717) is 35.2 Å². The van der Waals surface area contributed by atoms with E-state index in [9.17, 15) is 4.79 Å². The number of nitrogen functional groups attached to an aromatic ring is 1. The van der Waals surface area contributed by atoms with E-state index in [2.05, 4.69) is 20.5 Å². The minimum absolute atomic E-state index is 0.0643. The molecular weight excluding hydrogens is 418 g/mol. The molecule has 2 heterocycles. The number of hydrogen-bond donors (Lipinski definition) is 3. The average molecular weight is 448 g/mol. The van der Waals surface area contributed by atoms with Gasteiger partial charge in [0, 0.05) is 31.4 Å². The highest BCUT2D eigenvalue weighted by Gasteiger charge is 2.12.